The number of ether oxygens (including phenoxy) is 1. The smallest absolute Gasteiger partial charge is 0.332 e. The summed E-state index contributed by atoms with van der Waals surface area (Å²) in [5, 5.41) is 0. The fraction of sp³-hybridized carbons (Fsp3) is 1.00. The normalized spacial score (nSPS) is 16.3. The van der Waals surface area contributed by atoms with Crippen LogP contribution in [-0.2, 0) is 18.3 Å². The molecule has 0 amide bonds. The van der Waals surface area contributed by atoms with E-state index in [0.29, 0.717) is 12.8 Å². The third kappa shape index (κ3) is 4.53. The first-order chi connectivity index (χ1) is 5.18. The zero-order chi connectivity index (χ0) is 8.74. The minimum absolute atomic E-state index is 0.0190. The Hall–Kier alpha value is 0.110. The highest BCUT2D eigenvalue weighted by molar-refractivity contribution is 7.53. The summed E-state index contributed by atoms with van der Waals surface area (Å²) in [6.45, 7) is 3.95. The van der Waals surface area contributed by atoms with Crippen LogP contribution in [0.5, 0.6) is 0 Å². The number of hydrogen-bond acceptors (Lipinski definition) is 4. The summed E-state index contributed by atoms with van der Waals surface area (Å²) in [5.74, 6) is 0. The molecule has 0 fully saturated rings. The van der Waals surface area contributed by atoms with E-state index in [1.54, 1.807) is 13.8 Å². The monoisotopic (exact) mass is 182 g/mol. The van der Waals surface area contributed by atoms with Gasteiger partial charge in [0.25, 0.3) is 0 Å². The third-order valence-corrected chi connectivity index (χ3v) is 3.01. The lowest BCUT2D eigenvalue weighted by molar-refractivity contribution is 0.0375. The molecule has 0 radical (unpaired) electrons. The molecule has 0 aliphatic heterocycles. The molecule has 1 unspecified atom stereocenters. The van der Waals surface area contributed by atoms with Crippen molar-refractivity contribution in [3.63, 3.8) is 0 Å². The zero-order valence-electron chi connectivity index (χ0n) is 7.20. The van der Waals surface area contributed by atoms with Crippen molar-refractivity contribution in [2.24, 2.45) is 0 Å². The van der Waals surface area contributed by atoms with Gasteiger partial charge in [0.2, 0.25) is 0 Å². The average Bonchev–Trinajstić information content (AvgIpc) is 2.02. The molecule has 0 aromatic heterocycles. The molecule has 0 rings (SSSR count). The molecular weight excluding hydrogens is 167 g/mol. The van der Waals surface area contributed by atoms with E-state index in [1.165, 1.54) is 7.11 Å². The van der Waals surface area contributed by atoms with Gasteiger partial charge in [0, 0.05) is 13.3 Å². The van der Waals surface area contributed by atoms with Crippen LogP contribution in [0.3, 0.4) is 0 Å². The first kappa shape index (κ1) is 11.1. The van der Waals surface area contributed by atoms with Gasteiger partial charge in [-0.2, -0.15) is 0 Å². The van der Waals surface area contributed by atoms with Gasteiger partial charge in [-0.15, -0.1) is 0 Å². The molecule has 0 aromatic rings. The highest BCUT2D eigenvalue weighted by Crippen LogP contribution is 2.47. The van der Waals surface area contributed by atoms with Crippen molar-refractivity contribution in [1.82, 2.24) is 0 Å². The predicted molar refractivity (Wildman–Crippen MR) is 42.7 cm³/mol. The first-order valence-electron chi connectivity index (χ1n) is 3.55. The summed E-state index contributed by atoms with van der Waals surface area (Å²) in [5.41, 5.74) is 0. The molecule has 0 aliphatic rings. The maximum atomic E-state index is 11.4. The highest BCUT2D eigenvalue weighted by Gasteiger charge is 2.20. The molecule has 68 valence electrons. The summed E-state index contributed by atoms with van der Waals surface area (Å²) in [7, 11) is -1.36. The lowest BCUT2D eigenvalue weighted by Gasteiger charge is -2.14. The average molecular weight is 182 g/mol. The van der Waals surface area contributed by atoms with Crippen LogP contribution in [0, 0.1) is 0 Å². The number of methoxy groups -OCH3 is 1. The van der Waals surface area contributed by atoms with Gasteiger partial charge in [-0.25, -0.2) is 0 Å². The molecule has 4 nitrogen and oxygen atoms in total. The Labute approximate surface area is 67.4 Å². The lowest BCUT2D eigenvalue weighted by atomic mass is 10.9. The van der Waals surface area contributed by atoms with Crippen LogP contribution in [-0.4, -0.2) is 26.7 Å². The maximum Gasteiger partial charge on any atom is 0.332 e. The topological polar surface area (TPSA) is 44.8 Å². The Bertz CT molecular complexity index is 137. The second-order valence-corrected chi connectivity index (χ2v) is 4.25. The molecule has 0 saturated carbocycles. The van der Waals surface area contributed by atoms with Gasteiger partial charge in [0.05, 0.1) is 6.61 Å². The maximum absolute atomic E-state index is 11.4. The summed E-state index contributed by atoms with van der Waals surface area (Å²) < 4.78 is 25.8. The van der Waals surface area contributed by atoms with E-state index in [-0.39, 0.29) is 6.79 Å². The van der Waals surface area contributed by atoms with Gasteiger partial charge in [-0.05, 0) is 6.92 Å². The van der Waals surface area contributed by atoms with Gasteiger partial charge in [-0.1, -0.05) is 6.92 Å². The van der Waals surface area contributed by atoms with Crippen LogP contribution >= 0.6 is 7.60 Å². The molecule has 0 aliphatic carbocycles. The van der Waals surface area contributed by atoms with Crippen molar-refractivity contribution in [3.8, 4) is 0 Å². The lowest BCUT2D eigenvalue weighted by Crippen LogP contribution is -2.00. The molecule has 11 heavy (non-hydrogen) atoms. The SMILES string of the molecule is CCOP(=O)(CC)OCOC. The summed E-state index contributed by atoms with van der Waals surface area (Å²) >= 11 is 0. The van der Waals surface area contributed by atoms with E-state index in [1.807, 2.05) is 0 Å². The van der Waals surface area contributed by atoms with Gasteiger partial charge < -0.3 is 9.26 Å². The van der Waals surface area contributed by atoms with Gasteiger partial charge in [-0.3, -0.25) is 9.09 Å². The van der Waals surface area contributed by atoms with E-state index in [4.69, 9.17) is 9.05 Å². The molecule has 0 spiro atoms. The second kappa shape index (κ2) is 5.72. The molecule has 5 heteroatoms. The summed E-state index contributed by atoms with van der Waals surface area (Å²) in [6.07, 6.45) is 0.379. The fourth-order valence-corrected chi connectivity index (χ4v) is 1.65. The van der Waals surface area contributed by atoms with Crippen LogP contribution in [0.1, 0.15) is 13.8 Å². The Morgan fingerprint density at radius 2 is 1.91 bits per heavy atom. The van der Waals surface area contributed by atoms with Crippen LogP contribution in [0.15, 0.2) is 0 Å². The molecule has 0 saturated heterocycles. The second-order valence-electron chi connectivity index (χ2n) is 1.88. The fourth-order valence-electron chi connectivity index (χ4n) is 0.550. The van der Waals surface area contributed by atoms with E-state index in [9.17, 15) is 4.57 Å². The van der Waals surface area contributed by atoms with E-state index in [0.717, 1.165) is 0 Å². The zero-order valence-corrected chi connectivity index (χ0v) is 8.10. The van der Waals surface area contributed by atoms with E-state index in [2.05, 4.69) is 4.74 Å². The molecular formula is C6H15O4P. The Morgan fingerprint density at radius 1 is 1.27 bits per heavy atom. The van der Waals surface area contributed by atoms with E-state index < -0.39 is 7.60 Å². The van der Waals surface area contributed by atoms with Gasteiger partial charge >= 0.3 is 7.60 Å². The standard InChI is InChI=1S/C6H15O4P/c1-4-9-11(7,5-2)10-6-8-3/h4-6H2,1-3H3. The predicted octanol–water partition coefficient (Wildman–Crippen LogP) is 1.86. The van der Waals surface area contributed by atoms with Gasteiger partial charge in [0.1, 0.15) is 0 Å². The Kier molecular flexibility index (Phi) is 5.78. The van der Waals surface area contributed by atoms with Crippen molar-refractivity contribution in [2.45, 2.75) is 13.8 Å². The summed E-state index contributed by atoms with van der Waals surface area (Å²) in [4.78, 5) is 0. The third-order valence-electron chi connectivity index (χ3n) is 1.08. The number of rotatable bonds is 6. The van der Waals surface area contributed by atoms with Crippen molar-refractivity contribution in [2.75, 3.05) is 26.7 Å². The van der Waals surface area contributed by atoms with Crippen LogP contribution < -0.4 is 0 Å². The molecule has 1 atom stereocenters. The van der Waals surface area contributed by atoms with Crippen molar-refractivity contribution >= 4 is 7.60 Å². The van der Waals surface area contributed by atoms with Gasteiger partial charge in [0.15, 0.2) is 6.79 Å². The minimum atomic E-state index is -2.84. The van der Waals surface area contributed by atoms with Crippen molar-refractivity contribution in [3.05, 3.63) is 0 Å². The number of hydrogen-bond donors (Lipinski definition) is 0. The Morgan fingerprint density at radius 3 is 2.27 bits per heavy atom. The molecule has 0 N–H and O–H groups in total. The highest BCUT2D eigenvalue weighted by atomic mass is 31.2. The summed E-state index contributed by atoms with van der Waals surface area (Å²) in [6, 6.07) is 0. The minimum Gasteiger partial charge on any atom is -0.358 e. The van der Waals surface area contributed by atoms with Crippen molar-refractivity contribution < 1.29 is 18.3 Å². The van der Waals surface area contributed by atoms with E-state index >= 15 is 0 Å². The molecule has 0 aromatic carbocycles. The van der Waals surface area contributed by atoms with Crippen LogP contribution in [0.4, 0.5) is 0 Å². The quantitative estimate of drug-likeness (QED) is 0.464. The van der Waals surface area contributed by atoms with Crippen LogP contribution in [0.2, 0.25) is 0 Å². The largest absolute Gasteiger partial charge is 0.358 e. The van der Waals surface area contributed by atoms with Crippen molar-refractivity contribution in [1.29, 1.82) is 0 Å². The molecule has 0 heterocycles. The first-order valence-corrected chi connectivity index (χ1v) is 5.28. The Balaban J connectivity index is 3.79. The van der Waals surface area contributed by atoms with Crippen LogP contribution in [0.25, 0.3) is 0 Å². The molecule has 0 bridgehead atoms.